The number of hydrogen-bond donors (Lipinski definition) is 3. The number of aliphatic hydroxyl groups is 1. The number of ether oxygens (including phenoxy) is 4. The number of aliphatic hydroxyl groups excluding tert-OH is 1. The van der Waals surface area contributed by atoms with Crippen LogP contribution in [0.25, 0.3) is 0 Å². The molecule has 0 aliphatic heterocycles. The first-order valence-corrected chi connectivity index (χ1v) is 46.8. The smallest absolute Gasteiger partial charge is 0.462 e. The maximum atomic E-state index is 13.1. The maximum absolute atomic E-state index is 13.1. The van der Waals surface area contributed by atoms with Gasteiger partial charge in [0, 0.05) is 25.7 Å². The third-order valence-electron chi connectivity index (χ3n) is 19.9. The summed E-state index contributed by atoms with van der Waals surface area (Å²) in [6.07, 6.45) is 72.6. The first kappa shape index (κ1) is 101. The molecule has 19 heteroatoms. The van der Waals surface area contributed by atoms with Gasteiger partial charge in [0.15, 0.2) is 12.2 Å². The third-order valence-corrected chi connectivity index (χ3v) is 21.8. The predicted octanol–water partition coefficient (Wildman–Crippen LogP) is 25.7. The lowest BCUT2D eigenvalue weighted by molar-refractivity contribution is -0.161. The van der Waals surface area contributed by atoms with Gasteiger partial charge in [0.2, 0.25) is 0 Å². The molecule has 0 aliphatic carbocycles. The van der Waals surface area contributed by atoms with E-state index in [0.717, 1.165) is 89.9 Å². The highest BCUT2D eigenvalue weighted by atomic mass is 31.2. The van der Waals surface area contributed by atoms with Crippen LogP contribution >= 0.6 is 15.6 Å². The molecule has 3 N–H and O–H groups in total. The van der Waals surface area contributed by atoms with Crippen LogP contribution in [-0.2, 0) is 65.4 Å². The highest BCUT2D eigenvalue weighted by Gasteiger charge is 2.30. The maximum Gasteiger partial charge on any atom is 0.472 e. The Morgan fingerprint density at radius 1 is 0.233 bits per heavy atom. The van der Waals surface area contributed by atoms with Gasteiger partial charge in [-0.05, 0) is 25.7 Å². The standard InChI is InChI=1S/C84H164O17P2/c1-5-9-13-17-21-25-28-30-32-34-36-38-40-42-44-46-48-51-53-57-61-65-69-82(87)95-75-80(101-84(89)71-67-63-59-55-52-49-47-45-43-41-39-37-35-33-31-29-26-22-18-14-10-6-2)77-99-103(92,93)97-73-78(85)72-96-102(90,91)98-76-79(74-94-81(86)68-64-60-56-24-20-16-12-8-4)100-83(88)70-66-62-58-54-50-27-23-19-15-11-7-3/h78-80,85H,5-77H2,1-4H3,(H,90,91)(H,92,93)/t78-,79+,80+/m0/s1. The molecule has 0 aromatic heterocycles. The normalized spacial score (nSPS) is 13.7. The molecule has 0 saturated carbocycles. The lowest BCUT2D eigenvalue weighted by Crippen LogP contribution is -2.30. The van der Waals surface area contributed by atoms with Crippen LogP contribution in [-0.4, -0.2) is 96.7 Å². The molecule has 0 amide bonds. The summed E-state index contributed by atoms with van der Waals surface area (Å²) in [5, 5.41) is 10.6. The molecule has 0 bridgehead atoms. The lowest BCUT2D eigenvalue weighted by atomic mass is 10.0. The molecule has 17 nitrogen and oxygen atoms in total. The second-order valence-electron chi connectivity index (χ2n) is 30.2. The average Bonchev–Trinajstić information content (AvgIpc) is 0.915. The quantitative estimate of drug-likeness (QED) is 0.0222. The van der Waals surface area contributed by atoms with Gasteiger partial charge in [-0.2, -0.15) is 0 Å². The van der Waals surface area contributed by atoms with E-state index in [4.69, 9.17) is 37.0 Å². The third kappa shape index (κ3) is 78.0. The van der Waals surface area contributed by atoms with Gasteiger partial charge in [-0.3, -0.25) is 37.3 Å². The Morgan fingerprint density at radius 3 is 0.573 bits per heavy atom. The Labute approximate surface area is 632 Å². The molecule has 0 aromatic rings. The minimum absolute atomic E-state index is 0.107. The molecule has 0 spiro atoms. The number of phosphoric ester groups is 2. The van der Waals surface area contributed by atoms with Crippen molar-refractivity contribution in [1.29, 1.82) is 0 Å². The van der Waals surface area contributed by atoms with Crippen molar-refractivity contribution in [1.82, 2.24) is 0 Å². The Morgan fingerprint density at radius 2 is 0.388 bits per heavy atom. The van der Waals surface area contributed by atoms with E-state index in [1.165, 1.54) is 289 Å². The fraction of sp³-hybridized carbons (Fsp3) is 0.952. The minimum Gasteiger partial charge on any atom is -0.462 e. The second-order valence-corrected chi connectivity index (χ2v) is 33.1. The van der Waals surface area contributed by atoms with Gasteiger partial charge in [-0.1, -0.05) is 407 Å². The van der Waals surface area contributed by atoms with Crippen molar-refractivity contribution < 1.29 is 80.2 Å². The molecule has 0 aliphatic rings. The predicted molar refractivity (Wildman–Crippen MR) is 423 cm³/mol. The van der Waals surface area contributed by atoms with Gasteiger partial charge in [0.05, 0.1) is 26.4 Å². The van der Waals surface area contributed by atoms with Gasteiger partial charge in [-0.15, -0.1) is 0 Å². The van der Waals surface area contributed by atoms with Crippen LogP contribution in [0.5, 0.6) is 0 Å². The van der Waals surface area contributed by atoms with Crippen molar-refractivity contribution >= 4 is 39.5 Å². The summed E-state index contributed by atoms with van der Waals surface area (Å²) in [6, 6.07) is 0. The Hall–Kier alpha value is -1.94. The first-order chi connectivity index (χ1) is 50.2. The SMILES string of the molecule is CCCCCCCCCCCCCCCCCCCCCCCCC(=O)OC[C@H](COP(=O)(O)OC[C@@H](O)COP(=O)(O)OC[C@@H](COC(=O)CCCCCCCCCC)OC(=O)CCCCCCCCCCCCC)OC(=O)CCCCCCCCCCCCCCCCCCCCCCCC. The Balaban J connectivity index is 5.13. The van der Waals surface area contributed by atoms with E-state index in [0.29, 0.717) is 25.7 Å². The van der Waals surface area contributed by atoms with Crippen molar-refractivity contribution in [3.63, 3.8) is 0 Å². The summed E-state index contributed by atoms with van der Waals surface area (Å²) in [6.45, 7) is 4.99. The summed E-state index contributed by atoms with van der Waals surface area (Å²) in [4.78, 5) is 72.9. The molecule has 0 saturated heterocycles. The average molecular weight is 1510 g/mol. The van der Waals surface area contributed by atoms with Crippen molar-refractivity contribution in [3.8, 4) is 0 Å². The van der Waals surface area contributed by atoms with Gasteiger partial charge in [0.25, 0.3) is 0 Å². The van der Waals surface area contributed by atoms with E-state index in [2.05, 4.69) is 27.7 Å². The van der Waals surface area contributed by atoms with Crippen LogP contribution < -0.4 is 0 Å². The fourth-order valence-electron chi connectivity index (χ4n) is 13.2. The van der Waals surface area contributed by atoms with Crippen molar-refractivity contribution in [2.45, 2.75) is 476 Å². The molecule has 0 rings (SSSR count). The van der Waals surface area contributed by atoms with Crippen LogP contribution in [0, 0.1) is 0 Å². The Kier molecular flexibility index (Phi) is 76.7. The van der Waals surface area contributed by atoms with E-state index in [1.54, 1.807) is 0 Å². The Bertz CT molecular complexity index is 1950. The molecule has 0 heterocycles. The highest BCUT2D eigenvalue weighted by molar-refractivity contribution is 7.47. The van der Waals surface area contributed by atoms with Gasteiger partial charge < -0.3 is 33.8 Å². The van der Waals surface area contributed by atoms with E-state index in [9.17, 15) is 43.2 Å². The summed E-state index contributed by atoms with van der Waals surface area (Å²) in [7, 11) is -9.91. The zero-order chi connectivity index (χ0) is 75.3. The van der Waals surface area contributed by atoms with E-state index < -0.39 is 97.5 Å². The van der Waals surface area contributed by atoms with Gasteiger partial charge >= 0.3 is 39.5 Å². The number of hydrogen-bond acceptors (Lipinski definition) is 15. The van der Waals surface area contributed by atoms with Crippen LogP contribution in [0.1, 0.15) is 458 Å². The van der Waals surface area contributed by atoms with Gasteiger partial charge in [0.1, 0.15) is 19.3 Å². The van der Waals surface area contributed by atoms with Gasteiger partial charge in [-0.25, -0.2) is 9.13 Å². The molecule has 0 radical (unpaired) electrons. The lowest BCUT2D eigenvalue weighted by Gasteiger charge is -2.21. The van der Waals surface area contributed by atoms with Crippen LogP contribution in [0.4, 0.5) is 0 Å². The number of carbonyl (C=O) groups is 4. The highest BCUT2D eigenvalue weighted by Crippen LogP contribution is 2.45. The number of unbranched alkanes of at least 4 members (excludes halogenated alkanes) is 59. The van der Waals surface area contributed by atoms with E-state index >= 15 is 0 Å². The fourth-order valence-corrected chi connectivity index (χ4v) is 14.7. The molecule has 612 valence electrons. The summed E-state index contributed by atoms with van der Waals surface area (Å²) >= 11 is 0. The molecule has 5 atom stereocenters. The minimum atomic E-state index is -4.96. The number of carbonyl (C=O) groups excluding carboxylic acids is 4. The largest absolute Gasteiger partial charge is 0.472 e. The zero-order valence-corrected chi connectivity index (χ0v) is 69.1. The molecule has 103 heavy (non-hydrogen) atoms. The summed E-state index contributed by atoms with van der Waals surface area (Å²) in [5.74, 6) is -2.11. The second kappa shape index (κ2) is 78.2. The monoisotopic (exact) mass is 1510 g/mol. The molecule has 2 unspecified atom stereocenters. The van der Waals surface area contributed by atoms with Crippen LogP contribution in [0.15, 0.2) is 0 Å². The zero-order valence-electron chi connectivity index (χ0n) is 67.3. The van der Waals surface area contributed by atoms with E-state index in [1.807, 2.05) is 0 Å². The van der Waals surface area contributed by atoms with E-state index in [-0.39, 0.29) is 25.7 Å². The first-order valence-electron chi connectivity index (χ1n) is 43.8. The van der Waals surface area contributed by atoms with Crippen molar-refractivity contribution in [3.05, 3.63) is 0 Å². The molecular formula is C84H164O17P2. The number of esters is 4. The number of phosphoric acid groups is 2. The summed E-state index contributed by atoms with van der Waals surface area (Å²) < 4.78 is 68.7. The molecular weight excluding hydrogens is 1340 g/mol. The van der Waals surface area contributed by atoms with Crippen molar-refractivity contribution in [2.24, 2.45) is 0 Å². The summed E-state index contributed by atoms with van der Waals surface area (Å²) in [5.41, 5.74) is 0. The molecule has 0 fully saturated rings. The van der Waals surface area contributed by atoms with Crippen LogP contribution in [0.3, 0.4) is 0 Å². The van der Waals surface area contributed by atoms with Crippen LogP contribution in [0.2, 0.25) is 0 Å². The molecule has 0 aromatic carbocycles. The van der Waals surface area contributed by atoms with Crippen molar-refractivity contribution in [2.75, 3.05) is 39.6 Å². The number of rotatable bonds is 85. The topological polar surface area (TPSA) is 237 Å².